The van der Waals surface area contributed by atoms with Gasteiger partial charge in [0.25, 0.3) is 0 Å². The van der Waals surface area contributed by atoms with Gasteiger partial charge in [0, 0.05) is 6.20 Å². The molecule has 8 nitrogen and oxygen atoms in total. The smallest absolute Gasteiger partial charge is 0.333 e. The van der Waals surface area contributed by atoms with Crippen molar-refractivity contribution < 1.29 is 9.31 Å². The maximum atomic E-state index is 13.8. The summed E-state index contributed by atoms with van der Waals surface area (Å²) >= 11 is 0. The standard InChI is InChI=1S/C15H11FN6O2/c16-11-5-1-2-6-12(11)21-15-13(22(23)24)14(18-9-19-15)20-10-4-3-7-17-8-10/h1-9H,(H2,18,19,20,21). The van der Waals surface area contributed by atoms with Gasteiger partial charge in [-0.05, 0) is 24.3 Å². The highest BCUT2D eigenvalue weighted by Gasteiger charge is 2.24. The third kappa shape index (κ3) is 3.24. The average molecular weight is 326 g/mol. The van der Waals surface area contributed by atoms with E-state index in [2.05, 4.69) is 25.6 Å². The molecule has 0 unspecified atom stereocenters. The Morgan fingerprint density at radius 3 is 2.46 bits per heavy atom. The molecule has 0 saturated heterocycles. The number of anilines is 4. The summed E-state index contributed by atoms with van der Waals surface area (Å²) in [5, 5.41) is 16.9. The first-order chi connectivity index (χ1) is 11.6. The molecule has 2 heterocycles. The Morgan fingerprint density at radius 1 is 1.04 bits per heavy atom. The molecule has 1 aromatic carbocycles. The highest BCUT2D eigenvalue weighted by molar-refractivity contribution is 5.76. The lowest BCUT2D eigenvalue weighted by molar-refractivity contribution is -0.383. The second-order valence-electron chi connectivity index (χ2n) is 4.65. The molecule has 0 aliphatic carbocycles. The summed E-state index contributed by atoms with van der Waals surface area (Å²) in [6.07, 6.45) is 4.22. The van der Waals surface area contributed by atoms with Crippen molar-refractivity contribution in [2.45, 2.75) is 0 Å². The minimum atomic E-state index is -0.637. The summed E-state index contributed by atoms with van der Waals surface area (Å²) in [7, 11) is 0. The van der Waals surface area contributed by atoms with Crippen molar-refractivity contribution in [1.29, 1.82) is 0 Å². The molecule has 0 amide bonds. The lowest BCUT2D eigenvalue weighted by atomic mass is 10.3. The monoisotopic (exact) mass is 326 g/mol. The Balaban J connectivity index is 1.99. The van der Waals surface area contributed by atoms with Crippen LogP contribution in [-0.2, 0) is 0 Å². The lowest BCUT2D eigenvalue weighted by Crippen LogP contribution is -2.06. The number of rotatable bonds is 5. The van der Waals surface area contributed by atoms with Gasteiger partial charge < -0.3 is 10.6 Å². The van der Waals surface area contributed by atoms with Crippen LogP contribution in [0.2, 0.25) is 0 Å². The van der Waals surface area contributed by atoms with Crippen molar-refractivity contribution in [3.63, 3.8) is 0 Å². The number of para-hydroxylation sites is 1. The van der Waals surface area contributed by atoms with Gasteiger partial charge in [-0.3, -0.25) is 15.1 Å². The van der Waals surface area contributed by atoms with Crippen molar-refractivity contribution >= 4 is 28.7 Å². The molecule has 9 heteroatoms. The van der Waals surface area contributed by atoms with Crippen LogP contribution in [0.3, 0.4) is 0 Å². The fraction of sp³-hybridized carbons (Fsp3) is 0. The summed E-state index contributed by atoms with van der Waals surface area (Å²) in [6, 6.07) is 9.17. The van der Waals surface area contributed by atoms with Gasteiger partial charge in [-0.15, -0.1) is 0 Å². The van der Waals surface area contributed by atoms with Gasteiger partial charge in [-0.25, -0.2) is 14.4 Å². The molecule has 0 saturated carbocycles. The molecule has 2 N–H and O–H groups in total. The molecule has 0 fully saturated rings. The second kappa shape index (κ2) is 6.65. The van der Waals surface area contributed by atoms with Crippen molar-refractivity contribution in [2.24, 2.45) is 0 Å². The molecule has 120 valence electrons. The number of hydrogen-bond donors (Lipinski definition) is 2. The van der Waals surface area contributed by atoms with E-state index >= 15 is 0 Å². The van der Waals surface area contributed by atoms with Crippen molar-refractivity contribution in [2.75, 3.05) is 10.6 Å². The van der Waals surface area contributed by atoms with Crippen molar-refractivity contribution in [3.05, 3.63) is 71.1 Å². The van der Waals surface area contributed by atoms with E-state index < -0.39 is 16.4 Å². The molecular formula is C15H11FN6O2. The minimum absolute atomic E-state index is 0.0261. The quantitative estimate of drug-likeness (QED) is 0.546. The predicted molar refractivity (Wildman–Crippen MR) is 85.9 cm³/mol. The summed E-state index contributed by atoms with van der Waals surface area (Å²) < 4.78 is 13.8. The highest BCUT2D eigenvalue weighted by Crippen LogP contribution is 2.33. The maximum Gasteiger partial charge on any atom is 0.353 e. The van der Waals surface area contributed by atoms with Gasteiger partial charge in [0.05, 0.1) is 22.5 Å². The van der Waals surface area contributed by atoms with Crippen LogP contribution in [0.15, 0.2) is 55.1 Å². The molecule has 2 aromatic heterocycles. The molecule has 0 bridgehead atoms. The Hall–Kier alpha value is -3.62. The SMILES string of the molecule is O=[N+]([O-])c1c(Nc2cccnc2)ncnc1Nc1ccccc1F. The topological polar surface area (TPSA) is 106 Å². The molecule has 24 heavy (non-hydrogen) atoms. The number of nitro groups is 1. The molecule has 0 radical (unpaired) electrons. The van der Waals surface area contributed by atoms with E-state index in [4.69, 9.17) is 0 Å². The molecule has 3 aromatic rings. The molecule has 3 rings (SSSR count). The Morgan fingerprint density at radius 2 is 1.79 bits per heavy atom. The number of pyridine rings is 1. The summed E-state index contributed by atoms with van der Waals surface area (Å²) in [5.74, 6) is -0.694. The van der Waals surface area contributed by atoms with E-state index in [1.165, 1.54) is 24.4 Å². The van der Waals surface area contributed by atoms with Gasteiger partial charge in [-0.2, -0.15) is 0 Å². The zero-order chi connectivity index (χ0) is 16.9. The van der Waals surface area contributed by atoms with Crippen LogP contribution in [0, 0.1) is 15.9 Å². The number of aromatic nitrogens is 3. The normalized spacial score (nSPS) is 10.2. The minimum Gasteiger partial charge on any atom is -0.333 e. The second-order valence-corrected chi connectivity index (χ2v) is 4.65. The van der Waals surface area contributed by atoms with E-state index in [1.54, 1.807) is 24.4 Å². The zero-order valence-corrected chi connectivity index (χ0v) is 12.2. The van der Waals surface area contributed by atoms with Gasteiger partial charge in [0.2, 0.25) is 11.6 Å². The first kappa shape index (κ1) is 15.3. The number of nitrogens with zero attached hydrogens (tertiary/aromatic N) is 4. The molecule has 0 spiro atoms. The van der Waals surface area contributed by atoms with Crippen LogP contribution in [0.4, 0.5) is 33.1 Å². The van der Waals surface area contributed by atoms with Crippen molar-refractivity contribution in [3.8, 4) is 0 Å². The number of benzene rings is 1. The van der Waals surface area contributed by atoms with Gasteiger partial charge in [0.1, 0.15) is 12.1 Å². The predicted octanol–water partition coefficient (Wildman–Crippen LogP) is 3.41. The Bertz CT molecular complexity index is 875. The van der Waals surface area contributed by atoms with Crippen LogP contribution in [0.25, 0.3) is 0 Å². The number of hydrogen-bond acceptors (Lipinski definition) is 7. The largest absolute Gasteiger partial charge is 0.353 e. The van der Waals surface area contributed by atoms with Crippen LogP contribution in [-0.4, -0.2) is 19.9 Å². The molecule has 0 aliphatic heterocycles. The fourth-order valence-corrected chi connectivity index (χ4v) is 2.00. The number of halogens is 1. The number of nitrogens with one attached hydrogen (secondary N) is 2. The van der Waals surface area contributed by atoms with Crippen molar-refractivity contribution in [1.82, 2.24) is 15.0 Å². The Kier molecular flexibility index (Phi) is 4.23. The first-order valence-corrected chi connectivity index (χ1v) is 6.83. The summed E-state index contributed by atoms with van der Waals surface area (Å²) in [5.41, 5.74) is 0.201. The van der Waals surface area contributed by atoms with E-state index in [-0.39, 0.29) is 17.3 Å². The van der Waals surface area contributed by atoms with Gasteiger partial charge in [0.15, 0.2) is 0 Å². The molecular weight excluding hydrogens is 315 g/mol. The van der Waals surface area contributed by atoms with Gasteiger partial charge in [-0.1, -0.05) is 12.1 Å². The van der Waals surface area contributed by atoms with Crippen LogP contribution in [0.1, 0.15) is 0 Å². The van der Waals surface area contributed by atoms with Gasteiger partial charge >= 0.3 is 5.69 Å². The molecule has 0 aliphatic rings. The maximum absolute atomic E-state index is 13.8. The summed E-state index contributed by atoms with van der Waals surface area (Å²) in [6.45, 7) is 0. The van der Waals surface area contributed by atoms with E-state index in [0.717, 1.165) is 6.33 Å². The third-order valence-corrected chi connectivity index (χ3v) is 3.06. The zero-order valence-electron chi connectivity index (χ0n) is 12.2. The summed E-state index contributed by atoms with van der Waals surface area (Å²) in [4.78, 5) is 22.5. The van der Waals surface area contributed by atoms with Crippen LogP contribution >= 0.6 is 0 Å². The van der Waals surface area contributed by atoms with E-state index in [1.807, 2.05) is 0 Å². The molecule has 0 atom stereocenters. The van der Waals surface area contributed by atoms with Crippen LogP contribution in [0.5, 0.6) is 0 Å². The third-order valence-electron chi connectivity index (χ3n) is 3.06. The lowest BCUT2D eigenvalue weighted by Gasteiger charge is -2.10. The Labute approximate surface area is 135 Å². The average Bonchev–Trinajstić information content (AvgIpc) is 2.58. The fourth-order valence-electron chi connectivity index (χ4n) is 2.00. The van der Waals surface area contributed by atoms with E-state index in [0.29, 0.717) is 5.69 Å². The van der Waals surface area contributed by atoms with E-state index in [9.17, 15) is 14.5 Å². The highest BCUT2D eigenvalue weighted by atomic mass is 19.1. The first-order valence-electron chi connectivity index (χ1n) is 6.83. The van der Waals surface area contributed by atoms with Crippen LogP contribution < -0.4 is 10.6 Å².